The van der Waals surface area contributed by atoms with Crippen LogP contribution in [0.4, 0.5) is 0 Å². The Balaban J connectivity index is 2.06. The van der Waals surface area contributed by atoms with Crippen molar-refractivity contribution in [3.63, 3.8) is 0 Å². The molecular formula is C18H22N2O. The van der Waals surface area contributed by atoms with Crippen molar-refractivity contribution in [1.82, 2.24) is 5.43 Å². The Hall–Kier alpha value is -1.84. The standard InChI is InChI=1S/C18H22N2O/c1-21-16-11-6-5-10-15(16)17(20-19)18(12-7-13-18)14-8-3-2-4-9-14/h2-6,8-11,17,20H,7,12-13,19H2,1H3. The van der Waals surface area contributed by atoms with Gasteiger partial charge in [0, 0.05) is 11.0 Å². The van der Waals surface area contributed by atoms with Gasteiger partial charge in [-0.05, 0) is 24.5 Å². The lowest BCUT2D eigenvalue weighted by Gasteiger charge is -2.48. The third-order valence-electron chi connectivity index (χ3n) is 4.76. The predicted octanol–water partition coefficient (Wildman–Crippen LogP) is 3.32. The zero-order chi connectivity index (χ0) is 14.7. The van der Waals surface area contributed by atoms with E-state index in [9.17, 15) is 0 Å². The molecule has 1 aliphatic carbocycles. The van der Waals surface area contributed by atoms with Crippen molar-refractivity contribution in [1.29, 1.82) is 0 Å². The lowest BCUT2D eigenvalue weighted by Crippen LogP contribution is -2.49. The van der Waals surface area contributed by atoms with Crippen LogP contribution in [0.15, 0.2) is 54.6 Å². The van der Waals surface area contributed by atoms with E-state index in [1.165, 1.54) is 12.0 Å². The number of methoxy groups -OCH3 is 1. The van der Waals surface area contributed by atoms with Crippen LogP contribution >= 0.6 is 0 Å². The van der Waals surface area contributed by atoms with Gasteiger partial charge in [0.2, 0.25) is 0 Å². The van der Waals surface area contributed by atoms with Crippen LogP contribution in [0.25, 0.3) is 0 Å². The topological polar surface area (TPSA) is 47.3 Å². The fourth-order valence-electron chi connectivity index (χ4n) is 3.52. The summed E-state index contributed by atoms with van der Waals surface area (Å²) in [4.78, 5) is 0. The van der Waals surface area contributed by atoms with Crippen molar-refractivity contribution in [3.05, 3.63) is 65.7 Å². The van der Waals surface area contributed by atoms with E-state index in [4.69, 9.17) is 10.6 Å². The van der Waals surface area contributed by atoms with Gasteiger partial charge in [0.05, 0.1) is 13.2 Å². The molecule has 3 nitrogen and oxygen atoms in total. The summed E-state index contributed by atoms with van der Waals surface area (Å²) < 4.78 is 5.53. The highest BCUT2D eigenvalue weighted by Crippen LogP contribution is 2.53. The Morgan fingerprint density at radius 3 is 2.29 bits per heavy atom. The van der Waals surface area contributed by atoms with Crippen LogP contribution in [-0.2, 0) is 5.41 Å². The molecule has 3 N–H and O–H groups in total. The number of hydrogen-bond acceptors (Lipinski definition) is 3. The summed E-state index contributed by atoms with van der Waals surface area (Å²) in [7, 11) is 1.71. The van der Waals surface area contributed by atoms with E-state index in [2.05, 4.69) is 41.8 Å². The van der Waals surface area contributed by atoms with Gasteiger partial charge in [0.1, 0.15) is 5.75 Å². The van der Waals surface area contributed by atoms with E-state index < -0.39 is 0 Å². The minimum atomic E-state index is 0.0600. The molecule has 21 heavy (non-hydrogen) atoms. The molecule has 1 fully saturated rings. The number of rotatable bonds is 5. The largest absolute Gasteiger partial charge is 0.496 e. The first-order valence-electron chi connectivity index (χ1n) is 7.46. The second kappa shape index (κ2) is 5.88. The SMILES string of the molecule is COc1ccccc1C(NN)C1(c2ccccc2)CCC1. The van der Waals surface area contributed by atoms with Crippen LogP contribution < -0.4 is 16.0 Å². The first-order chi connectivity index (χ1) is 10.3. The van der Waals surface area contributed by atoms with Gasteiger partial charge in [-0.15, -0.1) is 0 Å². The first kappa shape index (κ1) is 14.1. The lowest BCUT2D eigenvalue weighted by molar-refractivity contribution is 0.167. The minimum absolute atomic E-state index is 0.0600. The number of hydrazine groups is 1. The first-order valence-corrected chi connectivity index (χ1v) is 7.46. The molecule has 1 atom stereocenters. The molecule has 0 amide bonds. The van der Waals surface area contributed by atoms with Gasteiger partial charge in [-0.1, -0.05) is 55.0 Å². The third-order valence-corrected chi connectivity index (χ3v) is 4.76. The van der Waals surface area contributed by atoms with Crippen LogP contribution in [0.2, 0.25) is 0 Å². The summed E-state index contributed by atoms with van der Waals surface area (Å²) in [6.45, 7) is 0. The Morgan fingerprint density at radius 2 is 1.71 bits per heavy atom. The van der Waals surface area contributed by atoms with Gasteiger partial charge < -0.3 is 4.74 Å². The maximum Gasteiger partial charge on any atom is 0.123 e. The van der Waals surface area contributed by atoms with Crippen LogP contribution in [-0.4, -0.2) is 7.11 Å². The van der Waals surface area contributed by atoms with E-state index in [1.54, 1.807) is 7.11 Å². The summed E-state index contributed by atoms with van der Waals surface area (Å²) in [5, 5.41) is 0. The van der Waals surface area contributed by atoms with Crippen molar-refractivity contribution in [2.45, 2.75) is 30.7 Å². The van der Waals surface area contributed by atoms with E-state index >= 15 is 0 Å². The summed E-state index contributed by atoms with van der Waals surface area (Å²) in [5.74, 6) is 6.85. The molecule has 3 heteroatoms. The van der Waals surface area contributed by atoms with Gasteiger partial charge in [-0.25, -0.2) is 0 Å². The molecule has 1 unspecified atom stereocenters. The highest BCUT2D eigenvalue weighted by atomic mass is 16.5. The number of ether oxygens (including phenoxy) is 1. The fraction of sp³-hybridized carbons (Fsp3) is 0.333. The molecule has 1 saturated carbocycles. The van der Waals surface area contributed by atoms with Crippen molar-refractivity contribution >= 4 is 0 Å². The zero-order valence-electron chi connectivity index (χ0n) is 12.4. The van der Waals surface area contributed by atoms with Crippen molar-refractivity contribution in [2.75, 3.05) is 7.11 Å². The van der Waals surface area contributed by atoms with Crippen molar-refractivity contribution < 1.29 is 4.74 Å². The molecule has 1 aliphatic rings. The molecule has 0 aliphatic heterocycles. The molecule has 0 bridgehead atoms. The highest BCUT2D eigenvalue weighted by molar-refractivity contribution is 5.42. The average molecular weight is 282 g/mol. The van der Waals surface area contributed by atoms with Crippen molar-refractivity contribution in [3.8, 4) is 5.75 Å². The lowest BCUT2D eigenvalue weighted by atomic mass is 9.59. The molecule has 2 aromatic carbocycles. The molecule has 0 aromatic heterocycles. The molecule has 2 aromatic rings. The predicted molar refractivity (Wildman–Crippen MR) is 85.0 cm³/mol. The average Bonchev–Trinajstić information content (AvgIpc) is 2.51. The molecule has 0 saturated heterocycles. The number of hydrogen-bond donors (Lipinski definition) is 2. The molecule has 3 rings (SSSR count). The highest BCUT2D eigenvalue weighted by Gasteiger charge is 2.46. The van der Waals surface area contributed by atoms with Crippen LogP contribution in [0.3, 0.4) is 0 Å². The maximum absolute atomic E-state index is 5.96. The normalized spacial score (nSPS) is 17.8. The van der Waals surface area contributed by atoms with Gasteiger partial charge >= 0.3 is 0 Å². The summed E-state index contributed by atoms with van der Waals surface area (Å²) in [6.07, 6.45) is 3.52. The number of nitrogens with one attached hydrogen (secondary N) is 1. The van der Waals surface area contributed by atoms with E-state index in [0.717, 1.165) is 24.2 Å². The van der Waals surface area contributed by atoms with Gasteiger partial charge in [0.15, 0.2) is 0 Å². The Bertz CT molecular complexity index is 593. The van der Waals surface area contributed by atoms with Gasteiger partial charge in [-0.3, -0.25) is 11.3 Å². The summed E-state index contributed by atoms with van der Waals surface area (Å²) in [5.41, 5.74) is 5.60. The Labute approximate surface area is 126 Å². The van der Waals surface area contributed by atoms with Crippen LogP contribution in [0.1, 0.15) is 36.4 Å². The minimum Gasteiger partial charge on any atom is -0.496 e. The third kappa shape index (κ3) is 2.33. The maximum atomic E-state index is 5.96. The van der Waals surface area contributed by atoms with Crippen molar-refractivity contribution in [2.24, 2.45) is 5.84 Å². The van der Waals surface area contributed by atoms with Gasteiger partial charge in [-0.2, -0.15) is 0 Å². The zero-order valence-corrected chi connectivity index (χ0v) is 12.4. The number of para-hydroxylation sites is 1. The molecule has 0 spiro atoms. The quantitative estimate of drug-likeness (QED) is 0.653. The molecule has 0 radical (unpaired) electrons. The molecule has 0 heterocycles. The number of nitrogens with two attached hydrogens (primary N) is 1. The number of benzene rings is 2. The van der Waals surface area contributed by atoms with E-state index in [1.807, 2.05) is 18.2 Å². The van der Waals surface area contributed by atoms with E-state index in [0.29, 0.717) is 0 Å². The second-order valence-corrected chi connectivity index (χ2v) is 5.72. The van der Waals surface area contributed by atoms with Crippen LogP contribution in [0, 0.1) is 0 Å². The Kier molecular flexibility index (Phi) is 3.95. The second-order valence-electron chi connectivity index (χ2n) is 5.72. The molecular weight excluding hydrogens is 260 g/mol. The fourth-order valence-corrected chi connectivity index (χ4v) is 3.52. The van der Waals surface area contributed by atoms with Crippen LogP contribution in [0.5, 0.6) is 5.75 Å². The smallest absolute Gasteiger partial charge is 0.123 e. The van der Waals surface area contributed by atoms with E-state index in [-0.39, 0.29) is 11.5 Å². The summed E-state index contributed by atoms with van der Waals surface area (Å²) in [6, 6.07) is 18.9. The summed E-state index contributed by atoms with van der Waals surface area (Å²) >= 11 is 0. The van der Waals surface area contributed by atoms with Gasteiger partial charge in [0.25, 0.3) is 0 Å². The molecule has 110 valence electrons. The Morgan fingerprint density at radius 1 is 1.05 bits per heavy atom. The monoisotopic (exact) mass is 282 g/mol.